The zero-order valence-electron chi connectivity index (χ0n) is 12.8. The van der Waals surface area contributed by atoms with E-state index in [4.69, 9.17) is 20.8 Å². The van der Waals surface area contributed by atoms with Gasteiger partial charge < -0.3 is 14.5 Å². The molecule has 0 aliphatic carbocycles. The van der Waals surface area contributed by atoms with E-state index < -0.39 is 11.5 Å². The van der Waals surface area contributed by atoms with Crippen molar-refractivity contribution >= 4 is 34.2 Å². The van der Waals surface area contributed by atoms with Gasteiger partial charge in [-0.05, 0) is 37.3 Å². The largest absolute Gasteiger partial charge is 0.494 e. The van der Waals surface area contributed by atoms with Gasteiger partial charge in [0, 0.05) is 11.5 Å². The van der Waals surface area contributed by atoms with Crippen LogP contribution in [0.5, 0.6) is 5.75 Å². The van der Waals surface area contributed by atoms with Crippen molar-refractivity contribution in [2.75, 3.05) is 11.9 Å². The van der Waals surface area contributed by atoms with Crippen LogP contribution in [0.15, 0.2) is 57.7 Å². The minimum atomic E-state index is -0.722. The molecule has 122 valence electrons. The average Bonchev–Trinajstić information content (AvgIpc) is 2.56. The predicted molar refractivity (Wildman–Crippen MR) is 93.1 cm³/mol. The second kappa shape index (κ2) is 6.76. The fraction of sp³-hybridized carbons (Fsp3) is 0.111. The lowest BCUT2D eigenvalue weighted by Crippen LogP contribution is -2.20. The number of benzene rings is 2. The number of hydrogen-bond acceptors (Lipinski definition) is 4. The minimum absolute atomic E-state index is 0.0911. The highest BCUT2D eigenvalue weighted by atomic mass is 35.5. The number of fused-ring (bicyclic) bond motifs is 1. The summed E-state index contributed by atoms with van der Waals surface area (Å²) in [7, 11) is 0. The van der Waals surface area contributed by atoms with Gasteiger partial charge >= 0.3 is 5.63 Å². The monoisotopic (exact) mass is 343 g/mol. The summed E-state index contributed by atoms with van der Waals surface area (Å²) in [4.78, 5) is 24.5. The van der Waals surface area contributed by atoms with E-state index in [1.54, 1.807) is 42.5 Å². The van der Waals surface area contributed by atoms with Crippen molar-refractivity contribution in [2.24, 2.45) is 0 Å². The van der Waals surface area contributed by atoms with Gasteiger partial charge in [0.1, 0.15) is 16.9 Å². The summed E-state index contributed by atoms with van der Waals surface area (Å²) in [5.41, 5.74) is -0.0251. The SMILES string of the molecule is CCOc1ccc2cc(C(=O)Nc3ccccc3Cl)c(=O)oc2c1. The number of amides is 1. The van der Waals surface area contributed by atoms with Gasteiger partial charge in [0.2, 0.25) is 0 Å². The Morgan fingerprint density at radius 2 is 2.00 bits per heavy atom. The van der Waals surface area contributed by atoms with Crippen LogP contribution < -0.4 is 15.7 Å². The molecule has 3 aromatic rings. The van der Waals surface area contributed by atoms with Crippen LogP contribution in [0.3, 0.4) is 0 Å². The Bertz CT molecular complexity index is 965. The third-order valence-corrected chi connectivity index (χ3v) is 3.71. The highest BCUT2D eigenvalue weighted by molar-refractivity contribution is 6.33. The molecule has 6 heteroatoms. The fourth-order valence-electron chi connectivity index (χ4n) is 2.26. The molecule has 0 saturated carbocycles. The van der Waals surface area contributed by atoms with Crippen LogP contribution >= 0.6 is 11.6 Å². The van der Waals surface area contributed by atoms with Crippen LogP contribution in [-0.2, 0) is 0 Å². The number of nitrogens with one attached hydrogen (secondary N) is 1. The average molecular weight is 344 g/mol. The topological polar surface area (TPSA) is 68.5 Å². The highest BCUT2D eigenvalue weighted by Crippen LogP contribution is 2.23. The van der Waals surface area contributed by atoms with Gasteiger partial charge in [0.15, 0.2) is 0 Å². The maximum atomic E-state index is 12.3. The molecule has 0 unspecified atom stereocenters. The van der Waals surface area contributed by atoms with Crippen molar-refractivity contribution < 1.29 is 13.9 Å². The number of carbonyl (C=O) groups is 1. The standard InChI is InChI=1S/C18H14ClNO4/c1-2-23-12-8-7-11-9-13(18(22)24-16(11)10-12)17(21)20-15-6-4-3-5-14(15)19/h3-10H,2H2,1H3,(H,20,21). The van der Waals surface area contributed by atoms with Crippen LogP contribution in [-0.4, -0.2) is 12.5 Å². The van der Waals surface area contributed by atoms with Crippen molar-refractivity contribution in [2.45, 2.75) is 6.92 Å². The predicted octanol–water partition coefficient (Wildman–Crippen LogP) is 4.10. The van der Waals surface area contributed by atoms with Crippen LogP contribution in [0.1, 0.15) is 17.3 Å². The summed E-state index contributed by atoms with van der Waals surface area (Å²) in [6, 6.07) is 13.4. The van der Waals surface area contributed by atoms with Crippen molar-refractivity contribution in [3.63, 3.8) is 0 Å². The number of hydrogen-bond donors (Lipinski definition) is 1. The van der Waals surface area contributed by atoms with Gasteiger partial charge in [0.25, 0.3) is 5.91 Å². The maximum Gasteiger partial charge on any atom is 0.349 e. The highest BCUT2D eigenvalue weighted by Gasteiger charge is 2.15. The van der Waals surface area contributed by atoms with E-state index in [0.717, 1.165) is 0 Å². The number of anilines is 1. The molecule has 0 aliphatic heterocycles. The number of halogens is 1. The summed E-state index contributed by atoms with van der Waals surface area (Å²) in [6.45, 7) is 2.37. The first-order chi connectivity index (χ1) is 11.6. The first kappa shape index (κ1) is 16.1. The fourth-order valence-corrected chi connectivity index (χ4v) is 2.44. The minimum Gasteiger partial charge on any atom is -0.494 e. The van der Waals surface area contributed by atoms with Crippen LogP contribution in [0, 0.1) is 0 Å². The molecule has 0 aliphatic rings. The van der Waals surface area contributed by atoms with Gasteiger partial charge in [-0.1, -0.05) is 23.7 Å². The van der Waals surface area contributed by atoms with Crippen LogP contribution in [0.25, 0.3) is 11.0 Å². The van der Waals surface area contributed by atoms with Crippen LogP contribution in [0.4, 0.5) is 5.69 Å². The smallest absolute Gasteiger partial charge is 0.349 e. The molecule has 1 aromatic heterocycles. The molecule has 2 aromatic carbocycles. The second-order valence-electron chi connectivity index (χ2n) is 5.01. The molecule has 0 spiro atoms. The Labute approximate surface area is 142 Å². The van der Waals surface area contributed by atoms with E-state index in [1.165, 1.54) is 6.07 Å². The van der Waals surface area contributed by atoms with Crippen molar-refractivity contribution in [3.05, 3.63) is 69.5 Å². The summed E-state index contributed by atoms with van der Waals surface area (Å²) < 4.78 is 10.6. The summed E-state index contributed by atoms with van der Waals surface area (Å²) >= 11 is 6.01. The van der Waals surface area contributed by atoms with E-state index in [1.807, 2.05) is 6.92 Å². The molecule has 0 saturated heterocycles. The lowest BCUT2D eigenvalue weighted by Gasteiger charge is -2.07. The Morgan fingerprint density at radius 1 is 1.21 bits per heavy atom. The van der Waals surface area contributed by atoms with E-state index in [2.05, 4.69) is 5.32 Å². The molecule has 0 fully saturated rings. The molecule has 1 amide bonds. The van der Waals surface area contributed by atoms with Crippen molar-refractivity contribution in [1.29, 1.82) is 0 Å². The Balaban J connectivity index is 1.96. The summed E-state index contributed by atoms with van der Waals surface area (Å²) in [5, 5.41) is 3.62. The van der Waals surface area contributed by atoms with Gasteiger partial charge in [0.05, 0.1) is 17.3 Å². The third kappa shape index (κ3) is 3.26. The number of para-hydroxylation sites is 1. The normalized spacial score (nSPS) is 10.6. The van der Waals surface area contributed by atoms with E-state index in [9.17, 15) is 9.59 Å². The number of carbonyl (C=O) groups excluding carboxylic acids is 1. The van der Waals surface area contributed by atoms with Gasteiger partial charge in [-0.3, -0.25) is 4.79 Å². The quantitative estimate of drug-likeness (QED) is 0.724. The number of ether oxygens (including phenoxy) is 1. The molecule has 0 bridgehead atoms. The first-order valence-corrected chi connectivity index (χ1v) is 7.73. The Hall–Kier alpha value is -2.79. The molecule has 1 N–H and O–H groups in total. The van der Waals surface area contributed by atoms with Crippen LogP contribution in [0.2, 0.25) is 5.02 Å². The van der Waals surface area contributed by atoms with E-state index in [-0.39, 0.29) is 5.56 Å². The molecular weight excluding hydrogens is 330 g/mol. The Morgan fingerprint density at radius 3 is 2.75 bits per heavy atom. The second-order valence-corrected chi connectivity index (χ2v) is 5.42. The molecule has 1 heterocycles. The lowest BCUT2D eigenvalue weighted by molar-refractivity contribution is 0.102. The Kier molecular flexibility index (Phi) is 4.53. The van der Waals surface area contributed by atoms with Gasteiger partial charge in [-0.15, -0.1) is 0 Å². The van der Waals surface area contributed by atoms with E-state index >= 15 is 0 Å². The molecule has 5 nitrogen and oxygen atoms in total. The third-order valence-electron chi connectivity index (χ3n) is 3.39. The molecule has 3 rings (SSSR count). The molecule has 0 radical (unpaired) electrons. The lowest BCUT2D eigenvalue weighted by atomic mass is 10.1. The number of rotatable bonds is 4. The zero-order chi connectivity index (χ0) is 17.1. The molecular formula is C18H14ClNO4. The molecule has 24 heavy (non-hydrogen) atoms. The summed E-state index contributed by atoms with van der Waals surface area (Å²) in [5.74, 6) is 0.0223. The molecule has 0 atom stereocenters. The van der Waals surface area contributed by atoms with E-state index in [0.29, 0.717) is 34.0 Å². The summed E-state index contributed by atoms with van der Waals surface area (Å²) in [6.07, 6.45) is 0. The van der Waals surface area contributed by atoms with Crippen molar-refractivity contribution in [3.8, 4) is 5.75 Å². The van der Waals surface area contributed by atoms with Gasteiger partial charge in [-0.25, -0.2) is 4.79 Å². The first-order valence-electron chi connectivity index (χ1n) is 7.35. The van der Waals surface area contributed by atoms with Gasteiger partial charge in [-0.2, -0.15) is 0 Å². The maximum absolute atomic E-state index is 12.3. The zero-order valence-corrected chi connectivity index (χ0v) is 13.6. The van der Waals surface area contributed by atoms with Crippen molar-refractivity contribution in [1.82, 2.24) is 0 Å².